The highest BCUT2D eigenvalue weighted by Crippen LogP contribution is 2.21. The standard InChI is InChI=1S/C12H11BrN2O2/c1-7-8(2)15-17-12(7)14-11(16)9-5-3-4-6-10(9)13/h3-6H,1-2H3,(H,14,16). The number of carbonyl (C=O) groups excluding carboxylic acids is 1. The molecule has 4 nitrogen and oxygen atoms in total. The van der Waals surface area contributed by atoms with E-state index < -0.39 is 0 Å². The van der Waals surface area contributed by atoms with Crippen LogP contribution < -0.4 is 5.32 Å². The first kappa shape index (κ1) is 11.9. The van der Waals surface area contributed by atoms with Crippen LogP contribution in [0.2, 0.25) is 0 Å². The van der Waals surface area contributed by atoms with Gasteiger partial charge in [0.25, 0.3) is 5.91 Å². The molecular weight excluding hydrogens is 284 g/mol. The molecular formula is C12H11BrN2O2. The molecule has 1 amide bonds. The topological polar surface area (TPSA) is 55.1 Å². The predicted octanol–water partition coefficient (Wildman–Crippen LogP) is 3.31. The molecule has 1 aromatic carbocycles. The monoisotopic (exact) mass is 294 g/mol. The van der Waals surface area contributed by atoms with Crippen LogP contribution >= 0.6 is 15.9 Å². The Hall–Kier alpha value is -1.62. The minimum Gasteiger partial charge on any atom is -0.338 e. The van der Waals surface area contributed by atoms with Gasteiger partial charge in [-0.15, -0.1) is 0 Å². The van der Waals surface area contributed by atoms with Crippen molar-refractivity contribution in [2.24, 2.45) is 0 Å². The molecule has 0 aliphatic rings. The van der Waals surface area contributed by atoms with E-state index in [1.165, 1.54) is 0 Å². The molecule has 17 heavy (non-hydrogen) atoms. The molecule has 88 valence electrons. The summed E-state index contributed by atoms with van der Waals surface area (Å²) in [4.78, 5) is 12.0. The van der Waals surface area contributed by atoms with Gasteiger partial charge in [-0.1, -0.05) is 17.3 Å². The first-order valence-corrected chi connectivity index (χ1v) is 5.87. The van der Waals surface area contributed by atoms with Gasteiger partial charge in [-0.2, -0.15) is 0 Å². The second-order valence-electron chi connectivity index (χ2n) is 3.66. The fourth-order valence-corrected chi connectivity index (χ4v) is 1.81. The van der Waals surface area contributed by atoms with E-state index in [4.69, 9.17) is 4.52 Å². The lowest BCUT2D eigenvalue weighted by Gasteiger charge is -2.04. The Kier molecular flexibility index (Phi) is 3.28. The summed E-state index contributed by atoms with van der Waals surface area (Å²) >= 11 is 3.33. The molecule has 1 heterocycles. The van der Waals surface area contributed by atoms with E-state index in [1.807, 2.05) is 26.0 Å². The average Bonchev–Trinajstić information content (AvgIpc) is 2.61. The number of aromatic nitrogens is 1. The molecule has 1 N–H and O–H groups in total. The van der Waals surface area contributed by atoms with Gasteiger partial charge >= 0.3 is 0 Å². The van der Waals surface area contributed by atoms with Crippen LogP contribution in [0.25, 0.3) is 0 Å². The smallest absolute Gasteiger partial charge is 0.259 e. The number of anilines is 1. The molecule has 0 bridgehead atoms. The number of rotatable bonds is 2. The van der Waals surface area contributed by atoms with E-state index in [-0.39, 0.29) is 5.91 Å². The second kappa shape index (κ2) is 4.71. The SMILES string of the molecule is Cc1noc(NC(=O)c2ccccc2Br)c1C. The Balaban J connectivity index is 2.23. The highest BCUT2D eigenvalue weighted by atomic mass is 79.9. The van der Waals surface area contributed by atoms with E-state index in [9.17, 15) is 4.79 Å². The summed E-state index contributed by atoms with van der Waals surface area (Å²) in [5.74, 6) is 0.167. The van der Waals surface area contributed by atoms with Crippen LogP contribution in [-0.2, 0) is 0 Å². The molecule has 0 spiro atoms. The van der Waals surface area contributed by atoms with Gasteiger partial charge in [0, 0.05) is 10.0 Å². The van der Waals surface area contributed by atoms with Gasteiger partial charge in [-0.3, -0.25) is 10.1 Å². The molecule has 0 radical (unpaired) electrons. The van der Waals surface area contributed by atoms with Gasteiger partial charge in [0.05, 0.1) is 11.3 Å². The summed E-state index contributed by atoms with van der Waals surface area (Å²) in [6.07, 6.45) is 0. The van der Waals surface area contributed by atoms with E-state index in [0.717, 1.165) is 15.7 Å². The first-order valence-electron chi connectivity index (χ1n) is 5.08. The maximum atomic E-state index is 12.0. The Morgan fingerprint density at radius 2 is 2.06 bits per heavy atom. The summed E-state index contributed by atoms with van der Waals surface area (Å²) < 4.78 is 5.77. The van der Waals surface area contributed by atoms with Crippen LogP contribution in [0.3, 0.4) is 0 Å². The molecule has 0 unspecified atom stereocenters. The average molecular weight is 295 g/mol. The normalized spacial score (nSPS) is 10.3. The van der Waals surface area contributed by atoms with Crippen molar-refractivity contribution in [2.45, 2.75) is 13.8 Å². The lowest BCUT2D eigenvalue weighted by molar-refractivity contribution is 0.102. The van der Waals surface area contributed by atoms with Gasteiger partial charge in [0.15, 0.2) is 0 Å². The van der Waals surface area contributed by atoms with Crippen molar-refractivity contribution < 1.29 is 9.32 Å². The summed E-state index contributed by atoms with van der Waals surface area (Å²) in [5, 5.41) is 6.47. The molecule has 1 aromatic heterocycles. The van der Waals surface area contributed by atoms with Crippen molar-refractivity contribution in [2.75, 3.05) is 5.32 Å². The zero-order chi connectivity index (χ0) is 12.4. The van der Waals surface area contributed by atoms with Crippen LogP contribution in [-0.4, -0.2) is 11.1 Å². The summed E-state index contributed by atoms with van der Waals surface area (Å²) in [5.41, 5.74) is 2.17. The maximum Gasteiger partial charge on any atom is 0.259 e. The van der Waals surface area contributed by atoms with Crippen molar-refractivity contribution in [3.63, 3.8) is 0 Å². The molecule has 5 heteroatoms. The number of hydrogen-bond donors (Lipinski definition) is 1. The third kappa shape index (κ3) is 2.39. The van der Waals surface area contributed by atoms with Crippen LogP contribution in [0.5, 0.6) is 0 Å². The summed E-state index contributed by atoms with van der Waals surface area (Å²) in [6.45, 7) is 3.68. The molecule has 2 rings (SSSR count). The number of carbonyl (C=O) groups is 1. The van der Waals surface area contributed by atoms with Crippen molar-refractivity contribution in [1.29, 1.82) is 0 Å². The minimum absolute atomic E-state index is 0.225. The second-order valence-corrected chi connectivity index (χ2v) is 4.51. The van der Waals surface area contributed by atoms with Crippen LogP contribution in [0.4, 0.5) is 5.88 Å². The van der Waals surface area contributed by atoms with Gasteiger partial charge in [-0.25, -0.2) is 0 Å². The highest BCUT2D eigenvalue weighted by molar-refractivity contribution is 9.10. The minimum atomic E-state index is -0.225. The molecule has 0 saturated heterocycles. The molecule has 0 atom stereocenters. The lowest BCUT2D eigenvalue weighted by atomic mass is 10.2. The van der Waals surface area contributed by atoms with Gasteiger partial charge in [0.2, 0.25) is 5.88 Å². The number of aryl methyl sites for hydroxylation is 1. The summed E-state index contributed by atoms with van der Waals surface area (Å²) in [6, 6.07) is 7.20. The van der Waals surface area contributed by atoms with Crippen LogP contribution in [0.1, 0.15) is 21.6 Å². The molecule has 0 aliphatic heterocycles. The molecule has 2 aromatic rings. The molecule has 0 fully saturated rings. The fraction of sp³-hybridized carbons (Fsp3) is 0.167. The number of benzene rings is 1. The van der Waals surface area contributed by atoms with Crippen molar-refractivity contribution in [3.8, 4) is 0 Å². The Bertz CT molecular complexity index is 563. The number of hydrogen-bond acceptors (Lipinski definition) is 3. The Morgan fingerprint density at radius 3 is 2.65 bits per heavy atom. The lowest BCUT2D eigenvalue weighted by Crippen LogP contribution is -2.12. The third-order valence-electron chi connectivity index (χ3n) is 2.50. The largest absolute Gasteiger partial charge is 0.338 e. The Morgan fingerprint density at radius 1 is 1.35 bits per heavy atom. The zero-order valence-corrected chi connectivity index (χ0v) is 11.0. The van der Waals surface area contributed by atoms with Gasteiger partial charge < -0.3 is 4.52 Å². The number of halogens is 1. The highest BCUT2D eigenvalue weighted by Gasteiger charge is 2.14. The fourth-order valence-electron chi connectivity index (χ4n) is 1.35. The summed E-state index contributed by atoms with van der Waals surface area (Å²) in [7, 11) is 0. The van der Waals surface area contributed by atoms with E-state index in [1.54, 1.807) is 12.1 Å². The third-order valence-corrected chi connectivity index (χ3v) is 3.19. The van der Waals surface area contributed by atoms with Crippen molar-refractivity contribution in [1.82, 2.24) is 5.16 Å². The van der Waals surface area contributed by atoms with Crippen molar-refractivity contribution >= 4 is 27.7 Å². The van der Waals surface area contributed by atoms with E-state index >= 15 is 0 Å². The van der Waals surface area contributed by atoms with Crippen LogP contribution in [0.15, 0.2) is 33.3 Å². The predicted molar refractivity (Wildman–Crippen MR) is 68.1 cm³/mol. The first-order chi connectivity index (χ1) is 8.09. The Labute approximate surface area is 107 Å². The van der Waals surface area contributed by atoms with E-state index in [0.29, 0.717) is 11.4 Å². The van der Waals surface area contributed by atoms with Gasteiger partial charge in [0.1, 0.15) is 0 Å². The zero-order valence-electron chi connectivity index (χ0n) is 9.45. The maximum absolute atomic E-state index is 12.0. The number of nitrogens with one attached hydrogen (secondary N) is 1. The van der Waals surface area contributed by atoms with Crippen LogP contribution in [0, 0.1) is 13.8 Å². The van der Waals surface area contributed by atoms with E-state index in [2.05, 4.69) is 26.4 Å². The van der Waals surface area contributed by atoms with Gasteiger partial charge in [-0.05, 0) is 41.9 Å². The number of nitrogens with zero attached hydrogens (tertiary/aromatic N) is 1. The quantitative estimate of drug-likeness (QED) is 0.924. The van der Waals surface area contributed by atoms with Crippen molar-refractivity contribution in [3.05, 3.63) is 45.6 Å². The molecule has 0 aliphatic carbocycles. The number of amides is 1. The molecule has 0 saturated carbocycles.